The van der Waals surface area contributed by atoms with Crippen LogP contribution in [-0.2, 0) is 29.6 Å². The summed E-state index contributed by atoms with van der Waals surface area (Å²) in [6.45, 7) is 7.12. The molecule has 3 aliphatic rings. The molecule has 1 saturated heterocycles. The van der Waals surface area contributed by atoms with Gasteiger partial charge in [0.05, 0.1) is 7.11 Å². The molecule has 3 aromatic carbocycles. The predicted octanol–water partition coefficient (Wildman–Crippen LogP) is 5.71. The average Bonchev–Trinajstić information content (AvgIpc) is 3.02. The van der Waals surface area contributed by atoms with Crippen LogP contribution >= 0.6 is 0 Å². The molecule has 6 rings (SSSR count). The van der Waals surface area contributed by atoms with Crippen LogP contribution in [0.3, 0.4) is 0 Å². The number of ether oxygens (including phenoxy) is 1. The Kier molecular flexibility index (Phi) is 9.06. The summed E-state index contributed by atoms with van der Waals surface area (Å²) in [7, 11) is 1.71. The van der Waals surface area contributed by atoms with Crippen LogP contribution in [0.25, 0.3) is 0 Å². The number of methoxy groups -OCH3 is 1. The molecule has 1 amide bonds. The first-order valence-electron chi connectivity index (χ1n) is 16.2. The highest BCUT2D eigenvalue weighted by Gasteiger charge is 2.51. The Morgan fingerprint density at radius 1 is 1.02 bits per heavy atom. The van der Waals surface area contributed by atoms with Gasteiger partial charge in [-0.15, -0.1) is 0 Å². The van der Waals surface area contributed by atoms with Crippen LogP contribution in [0.4, 0.5) is 0 Å². The fourth-order valence-electron chi connectivity index (χ4n) is 8.11. The zero-order valence-electron chi connectivity index (χ0n) is 25.8. The van der Waals surface area contributed by atoms with E-state index in [1.165, 1.54) is 22.3 Å². The number of rotatable bonds is 10. The number of carbonyl (C=O) groups is 1. The molecule has 3 aromatic rings. The van der Waals surface area contributed by atoms with Crippen LogP contribution in [0.15, 0.2) is 72.8 Å². The lowest BCUT2D eigenvalue weighted by Gasteiger charge is -2.56. The van der Waals surface area contributed by atoms with Crippen LogP contribution in [0.2, 0.25) is 0 Å². The Bertz CT molecular complexity index is 1390. The summed E-state index contributed by atoms with van der Waals surface area (Å²) in [5, 5.41) is 13.9. The minimum absolute atomic E-state index is 0.0484. The summed E-state index contributed by atoms with van der Waals surface area (Å²) < 4.78 is 5.40. The molecular formula is C37H47N3O3. The van der Waals surface area contributed by atoms with E-state index in [4.69, 9.17) is 4.74 Å². The first-order chi connectivity index (χ1) is 20.9. The molecule has 1 aliphatic carbocycles. The van der Waals surface area contributed by atoms with E-state index in [2.05, 4.69) is 70.6 Å². The molecule has 228 valence electrons. The predicted molar refractivity (Wildman–Crippen MR) is 171 cm³/mol. The zero-order valence-corrected chi connectivity index (χ0v) is 25.8. The number of fused-ring (bicyclic) bond motifs is 3. The number of amides is 1. The molecule has 0 radical (unpaired) electrons. The van der Waals surface area contributed by atoms with Crippen molar-refractivity contribution in [2.24, 2.45) is 5.92 Å². The lowest BCUT2D eigenvalue weighted by Crippen LogP contribution is -2.61. The monoisotopic (exact) mass is 581 g/mol. The standard InChI is InChI=1S/C37H47N3O3/c1-27-25-40(17-7-10-28-8-4-3-5-9-28)33-22-32(23-37(27,24-33)31-11-6-12-34(41)21-31)38-36(42)16-19-39-18-15-29-20-35(43-2)14-13-30(29)26-39/h3-6,8-9,11-14,20-21,27,32-33,41H,7,10,15-19,22-26H2,1-2H3,(H,38,42)/t27?,32-,33?,37?/m0/s1. The van der Waals surface area contributed by atoms with Crippen molar-refractivity contribution >= 4 is 5.91 Å². The van der Waals surface area contributed by atoms with Crippen molar-refractivity contribution in [1.29, 1.82) is 0 Å². The van der Waals surface area contributed by atoms with Gasteiger partial charge in [0.2, 0.25) is 5.91 Å². The number of nitrogens with zero attached hydrogens (tertiary/aromatic N) is 2. The van der Waals surface area contributed by atoms with Gasteiger partial charge in [-0.25, -0.2) is 0 Å². The number of likely N-dealkylation sites (tertiary alicyclic amines) is 1. The molecule has 2 fully saturated rings. The maximum absolute atomic E-state index is 13.4. The van der Waals surface area contributed by atoms with Crippen molar-refractivity contribution in [3.8, 4) is 11.5 Å². The highest BCUT2D eigenvalue weighted by Crippen LogP contribution is 2.50. The number of benzene rings is 3. The van der Waals surface area contributed by atoms with E-state index >= 15 is 0 Å². The van der Waals surface area contributed by atoms with Gasteiger partial charge >= 0.3 is 0 Å². The third-order valence-corrected chi connectivity index (χ3v) is 10.4. The van der Waals surface area contributed by atoms with E-state index in [1.54, 1.807) is 13.2 Å². The summed E-state index contributed by atoms with van der Waals surface area (Å²) in [6, 6.07) is 25.5. The molecule has 0 aromatic heterocycles. The second-order valence-electron chi connectivity index (χ2n) is 13.2. The van der Waals surface area contributed by atoms with Crippen molar-refractivity contribution in [3.63, 3.8) is 0 Å². The van der Waals surface area contributed by atoms with Gasteiger partial charge in [-0.2, -0.15) is 0 Å². The quantitative estimate of drug-likeness (QED) is 0.321. The van der Waals surface area contributed by atoms with E-state index in [1.807, 2.05) is 18.2 Å². The number of aryl methyl sites for hydroxylation is 1. The average molecular weight is 582 g/mol. The smallest absolute Gasteiger partial charge is 0.221 e. The van der Waals surface area contributed by atoms with Crippen molar-refractivity contribution in [3.05, 3.63) is 95.1 Å². The fraction of sp³-hybridized carbons (Fsp3) is 0.486. The number of phenols is 1. The first kappa shape index (κ1) is 29.7. The van der Waals surface area contributed by atoms with E-state index in [0.717, 1.165) is 77.0 Å². The van der Waals surface area contributed by atoms with Crippen molar-refractivity contribution in [1.82, 2.24) is 15.1 Å². The van der Waals surface area contributed by atoms with Crippen LogP contribution in [0.5, 0.6) is 11.5 Å². The number of aromatic hydroxyl groups is 1. The summed E-state index contributed by atoms with van der Waals surface area (Å²) in [5.41, 5.74) is 5.26. The second-order valence-corrected chi connectivity index (χ2v) is 13.2. The molecule has 2 aliphatic heterocycles. The molecule has 43 heavy (non-hydrogen) atoms. The van der Waals surface area contributed by atoms with Crippen molar-refractivity contribution in [2.45, 2.75) is 75.9 Å². The number of hydrogen-bond acceptors (Lipinski definition) is 5. The summed E-state index contributed by atoms with van der Waals surface area (Å²) in [4.78, 5) is 18.5. The van der Waals surface area contributed by atoms with E-state index in [0.29, 0.717) is 24.1 Å². The molecule has 3 unspecified atom stereocenters. The topological polar surface area (TPSA) is 65.0 Å². The number of nitrogens with one attached hydrogen (secondary N) is 1. The Balaban J connectivity index is 1.10. The van der Waals surface area contributed by atoms with Gasteiger partial charge in [0.25, 0.3) is 0 Å². The third-order valence-electron chi connectivity index (χ3n) is 10.4. The Morgan fingerprint density at radius 3 is 2.70 bits per heavy atom. The van der Waals surface area contributed by atoms with Crippen molar-refractivity contribution < 1.29 is 14.6 Å². The highest BCUT2D eigenvalue weighted by molar-refractivity contribution is 5.76. The number of hydrogen-bond donors (Lipinski definition) is 2. The normalized spacial score (nSPS) is 25.6. The molecule has 2 N–H and O–H groups in total. The van der Waals surface area contributed by atoms with E-state index < -0.39 is 0 Å². The number of piperidine rings is 1. The minimum Gasteiger partial charge on any atom is -0.508 e. The van der Waals surface area contributed by atoms with E-state index in [-0.39, 0.29) is 17.4 Å². The van der Waals surface area contributed by atoms with Gasteiger partial charge in [-0.1, -0.05) is 55.5 Å². The van der Waals surface area contributed by atoms with Crippen LogP contribution in [0, 0.1) is 5.92 Å². The Hall–Kier alpha value is -3.35. The summed E-state index contributed by atoms with van der Waals surface area (Å²) in [5.74, 6) is 1.82. The first-order valence-corrected chi connectivity index (χ1v) is 16.2. The zero-order chi connectivity index (χ0) is 29.8. The van der Waals surface area contributed by atoms with Gasteiger partial charge in [-0.05, 0) is 97.5 Å². The highest BCUT2D eigenvalue weighted by atomic mass is 16.5. The fourth-order valence-corrected chi connectivity index (χ4v) is 8.11. The molecule has 2 heterocycles. The second kappa shape index (κ2) is 13.1. The Labute approximate surface area is 257 Å². The minimum atomic E-state index is -0.0484. The number of carbonyl (C=O) groups excluding carboxylic acids is 1. The van der Waals surface area contributed by atoms with E-state index in [9.17, 15) is 9.90 Å². The maximum atomic E-state index is 13.4. The molecule has 1 saturated carbocycles. The molecule has 0 spiro atoms. The van der Waals surface area contributed by atoms with Gasteiger partial charge < -0.3 is 15.2 Å². The van der Waals surface area contributed by atoms with Crippen LogP contribution in [0.1, 0.15) is 61.3 Å². The van der Waals surface area contributed by atoms with Crippen molar-refractivity contribution in [2.75, 3.05) is 33.3 Å². The van der Waals surface area contributed by atoms with Crippen LogP contribution < -0.4 is 10.1 Å². The molecule has 2 bridgehead atoms. The Morgan fingerprint density at radius 2 is 1.88 bits per heavy atom. The molecule has 6 heteroatoms. The maximum Gasteiger partial charge on any atom is 0.221 e. The SMILES string of the molecule is COc1ccc2c(c1)CCN(CCC(=O)N[C@H]1CC3CC(c4cccc(O)c4)(C1)C(C)CN3CCCc1ccccc1)C2. The van der Waals surface area contributed by atoms with Gasteiger partial charge in [-0.3, -0.25) is 14.6 Å². The molecule has 6 nitrogen and oxygen atoms in total. The number of phenolic OH excluding ortho intramolecular Hbond substituents is 1. The van der Waals surface area contributed by atoms with Gasteiger partial charge in [0.15, 0.2) is 0 Å². The third kappa shape index (κ3) is 6.76. The summed E-state index contributed by atoms with van der Waals surface area (Å²) >= 11 is 0. The van der Waals surface area contributed by atoms with Crippen LogP contribution in [-0.4, -0.2) is 66.2 Å². The summed E-state index contributed by atoms with van der Waals surface area (Å²) in [6.07, 6.45) is 6.72. The largest absolute Gasteiger partial charge is 0.508 e. The van der Waals surface area contributed by atoms with Gasteiger partial charge in [0, 0.05) is 50.1 Å². The lowest BCUT2D eigenvalue weighted by molar-refractivity contribution is -0.123. The lowest BCUT2D eigenvalue weighted by atomic mass is 9.57. The van der Waals surface area contributed by atoms with Gasteiger partial charge in [0.1, 0.15) is 11.5 Å². The molecule has 4 atom stereocenters. The molecular weight excluding hydrogens is 534 g/mol.